The summed E-state index contributed by atoms with van der Waals surface area (Å²) in [5.74, 6) is 1.03. The zero-order valence-electron chi connectivity index (χ0n) is 15.6. The first kappa shape index (κ1) is 19.2. The first-order valence-corrected chi connectivity index (χ1v) is 9.03. The molecule has 1 saturated heterocycles. The topological polar surface area (TPSA) is 97.0 Å². The van der Waals surface area contributed by atoms with Gasteiger partial charge in [-0.3, -0.25) is 14.5 Å². The fourth-order valence-corrected chi connectivity index (χ4v) is 3.02. The van der Waals surface area contributed by atoms with Crippen molar-refractivity contribution in [1.29, 1.82) is 0 Å². The number of amides is 2. The number of furan rings is 2. The van der Waals surface area contributed by atoms with Crippen molar-refractivity contribution < 1.29 is 23.2 Å². The lowest BCUT2D eigenvalue weighted by molar-refractivity contribution is -0.123. The van der Waals surface area contributed by atoms with Crippen LogP contribution in [0.15, 0.2) is 39.6 Å². The van der Waals surface area contributed by atoms with Gasteiger partial charge < -0.3 is 24.2 Å². The minimum Gasteiger partial charge on any atom is -0.472 e. The number of nitrogens with zero attached hydrogens (tertiary/aromatic N) is 1. The lowest BCUT2D eigenvalue weighted by atomic mass is 10.1. The van der Waals surface area contributed by atoms with E-state index in [4.69, 9.17) is 13.6 Å². The summed E-state index contributed by atoms with van der Waals surface area (Å²) >= 11 is 0. The van der Waals surface area contributed by atoms with Crippen LogP contribution in [0.25, 0.3) is 0 Å². The summed E-state index contributed by atoms with van der Waals surface area (Å²) in [7, 11) is 0. The summed E-state index contributed by atoms with van der Waals surface area (Å²) in [6.45, 7) is 6.78. The quantitative estimate of drug-likeness (QED) is 0.761. The third-order valence-electron chi connectivity index (χ3n) is 4.57. The van der Waals surface area contributed by atoms with Gasteiger partial charge in [-0.2, -0.15) is 0 Å². The normalized spacial score (nSPS) is 17.3. The molecule has 3 heterocycles. The molecule has 3 rings (SSSR count). The molecule has 27 heavy (non-hydrogen) atoms. The summed E-state index contributed by atoms with van der Waals surface area (Å²) in [5, 5.41) is 5.58. The van der Waals surface area contributed by atoms with Gasteiger partial charge in [0, 0.05) is 19.6 Å². The van der Waals surface area contributed by atoms with E-state index < -0.39 is 6.04 Å². The van der Waals surface area contributed by atoms with E-state index in [9.17, 15) is 9.59 Å². The van der Waals surface area contributed by atoms with Gasteiger partial charge in [-0.1, -0.05) is 0 Å². The van der Waals surface area contributed by atoms with E-state index in [0.29, 0.717) is 25.3 Å². The molecule has 146 valence electrons. The number of hydrogen-bond donors (Lipinski definition) is 2. The molecule has 2 unspecified atom stereocenters. The second-order valence-electron chi connectivity index (χ2n) is 6.56. The third-order valence-corrected chi connectivity index (χ3v) is 4.57. The standard InChI is InChI=1S/C19H25N3O5/c1-13-3-4-17(27-13)16(22-6-9-25-10-7-22)11-20-18(23)14(2)21-19(24)15-5-8-26-12-15/h3-5,8,12,14,16H,6-7,9-11H2,1-2H3,(H,20,23)(H,21,24). The average molecular weight is 375 g/mol. The number of rotatable bonds is 7. The Labute approximate surface area is 157 Å². The number of aryl methyl sites for hydroxylation is 1. The Hall–Kier alpha value is -2.58. The van der Waals surface area contributed by atoms with Gasteiger partial charge >= 0.3 is 0 Å². The number of nitrogens with one attached hydrogen (secondary N) is 2. The number of carbonyl (C=O) groups is 2. The van der Waals surface area contributed by atoms with Crippen molar-refractivity contribution in [2.45, 2.75) is 25.9 Å². The molecule has 2 aromatic heterocycles. The smallest absolute Gasteiger partial charge is 0.255 e. The molecule has 1 aliphatic heterocycles. The molecule has 1 fully saturated rings. The van der Waals surface area contributed by atoms with Crippen molar-refractivity contribution in [3.05, 3.63) is 47.8 Å². The monoisotopic (exact) mass is 375 g/mol. The van der Waals surface area contributed by atoms with E-state index in [1.807, 2.05) is 19.1 Å². The third kappa shape index (κ3) is 4.99. The van der Waals surface area contributed by atoms with Gasteiger partial charge in [-0.15, -0.1) is 0 Å². The minimum atomic E-state index is -0.670. The Morgan fingerprint density at radius 2 is 2.00 bits per heavy atom. The van der Waals surface area contributed by atoms with E-state index >= 15 is 0 Å². The first-order chi connectivity index (χ1) is 13.0. The molecule has 0 aliphatic carbocycles. The Bertz CT molecular complexity index is 749. The van der Waals surface area contributed by atoms with E-state index in [1.165, 1.54) is 12.5 Å². The van der Waals surface area contributed by atoms with Crippen molar-refractivity contribution >= 4 is 11.8 Å². The van der Waals surface area contributed by atoms with Crippen LogP contribution >= 0.6 is 0 Å². The first-order valence-electron chi connectivity index (χ1n) is 9.03. The molecular formula is C19H25N3O5. The van der Waals surface area contributed by atoms with Crippen LogP contribution in [0.2, 0.25) is 0 Å². The fourth-order valence-electron chi connectivity index (χ4n) is 3.02. The molecule has 2 aromatic rings. The highest BCUT2D eigenvalue weighted by Crippen LogP contribution is 2.23. The molecule has 8 heteroatoms. The summed E-state index contributed by atoms with van der Waals surface area (Å²) in [6.07, 6.45) is 2.76. The number of ether oxygens (including phenoxy) is 1. The second kappa shape index (κ2) is 8.88. The zero-order chi connectivity index (χ0) is 19.2. The average Bonchev–Trinajstić information content (AvgIpc) is 3.34. The van der Waals surface area contributed by atoms with Crippen LogP contribution in [-0.2, 0) is 9.53 Å². The highest BCUT2D eigenvalue weighted by Gasteiger charge is 2.26. The molecule has 0 aromatic carbocycles. The summed E-state index contributed by atoms with van der Waals surface area (Å²) in [5.41, 5.74) is 0.381. The zero-order valence-corrected chi connectivity index (χ0v) is 15.6. The highest BCUT2D eigenvalue weighted by atomic mass is 16.5. The molecule has 2 amide bonds. The van der Waals surface area contributed by atoms with Gasteiger partial charge in [0.1, 0.15) is 23.8 Å². The lowest BCUT2D eigenvalue weighted by Crippen LogP contribution is -2.48. The van der Waals surface area contributed by atoms with Crippen LogP contribution in [0.5, 0.6) is 0 Å². The Morgan fingerprint density at radius 1 is 1.22 bits per heavy atom. The van der Waals surface area contributed by atoms with Gasteiger partial charge in [0.25, 0.3) is 5.91 Å². The van der Waals surface area contributed by atoms with Crippen molar-refractivity contribution in [1.82, 2.24) is 15.5 Å². The molecule has 2 atom stereocenters. The maximum absolute atomic E-state index is 12.4. The van der Waals surface area contributed by atoms with Gasteiger partial charge in [-0.25, -0.2) is 0 Å². The fraction of sp³-hybridized carbons (Fsp3) is 0.474. The molecule has 0 radical (unpaired) electrons. The van der Waals surface area contributed by atoms with Crippen LogP contribution in [-0.4, -0.2) is 55.6 Å². The largest absolute Gasteiger partial charge is 0.472 e. The van der Waals surface area contributed by atoms with E-state index in [0.717, 1.165) is 24.6 Å². The van der Waals surface area contributed by atoms with E-state index in [2.05, 4.69) is 15.5 Å². The van der Waals surface area contributed by atoms with Crippen molar-refractivity contribution in [3.63, 3.8) is 0 Å². The van der Waals surface area contributed by atoms with Crippen LogP contribution in [0, 0.1) is 6.92 Å². The van der Waals surface area contributed by atoms with Crippen LogP contribution in [0.1, 0.15) is 34.8 Å². The van der Waals surface area contributed by atoms with Crippen molar-refractivity contribution in [2.75, 3.05) is 32.8 Å². The molecule has 0 saturated carbocycles. The van der Waals surface area contributed by atoms with Gasteiger partial charge in [0.05, 0.1) is 31.1 Å². The molecule has 0 bridgehead atoms. The van der Waals surface area contributed by atoms with Crippen LogP contribution in [0.4, 0.5) is 0 Å². The number of hydrogen-bond acceptors (Lipinski definition) is 6. The second-order valence-corrected chi connectivity index (χ2v) is 6.56. The van der Waals surface area contributed by atoms with Gasteiger partial charge in [0.15, 0.2) is 0 Å². The maximum atomic E-state index is 12.4. The molecular weight excluding hydrogens is 350 g/mol. The Balaban J connectivity index is 1.58. The lowest BCUT2D eigenvalue weighted by Gasteiger charge is -2.33. The summed E-state index contributed by atoms with van der Waals surface area (Å²) in [4.78, 5) is 26.7. The molecule has 1 aliphatic rings. The predicted molar refractivity (Wildman–Crippen MR) is 97.2 cm³/mol. The Morgan fingerprint density at radius 3 is 2.63 bits per heavy atom. The minimum absolute atomic E-state index is 0.0803. The molecule has 2 N–H and O–H groups in total. The summed E-state index contributed by atoms with van der Waals surface area (Å²) < 4.78 is 16.1. The number of carbonyl (C=O) groups excluding carboxylic acids is 2. The Kier molecular flexibility index (Phi) is 6.31. The van der Waals surface area contributed by atoms with Crippen LogP contribution in [0.3, 0.4) is 0 Å². The highest BCUT2D eigenvalue weighted by molar-refractivity contribution is 5.97. The van der Waals surface area contributed by atoms with Crippen molar-refractivity contribution in [3.8, 4) is 0 Å². The molecule has 0 spiro atoms. The van der Waals surface area contributed by atoms with Crippen molar-refractivity contribution in [2.24, 2.45) is 0 Å². The SMILES string of the molecule is Cc1ccc(C(CNC(=O)C(C)NC(=O)c2ccoc2)N2CCOCC2)o1. The molecule has 8 nitrogen and oxygen atoms in total. The maximum Gasteiger partial charge on any atom is 0.255 e. The predicted octanol–water partition coefficient (Wildman–Crippen LogP) is 1.49. The van der Waals surface area contributed by atoms with E-state index in [-0.39, 0.29) is 17.9 Å². The van der Waals surface area contributed by atoms with E-state index in [1.54, 1.807) is 13.0 Å². The summed E-state index contributed by atoms with van der Waals surface area (Å²) in [6, 6.07) is 4.65. The number of morpholine rings is 1. The van der Waals surface area contributed by atoms with Gasteiger partial charge in [0.2, 0.25) is 5.91 Å². The van der Waals surface area contributed by atoms with Gasteiger partial charge in [-0.05, 0) is 32.0 Å². The van der Waals surface area contributed by atoms with Crippen LogP contribution < -0.4 is 10.6 Å².